The maximum atomic E-state index is 11.5. The van der Waals surface area contributed by atoms with Crippen molar-refractivity contribution < 1.29 is 9.90 Å². The third-order valence-corrected chi connectivity index (χ3v) is 4.21. The molecule has 1 aromatic heterocycles. The lowest BCUT2D eigenvalue weighted by molar-refractivity contribution is -0.139. The molecule has 0 bridgehead atoms. The van der Waals surface area contributed by atoms with E-state index in [-0.39, 0.29) is 0 Å². The molecule has 1 fully saturated rings. The molecule has 3 N–H and O–H groups in total. The summed E-state index contributed by atoms with van der Waals surface area (Å²) >= 11 is 0. The molecule has 1 aliphatic rings. The van der Waals surface area contributed by atoms with E-state index in [9.17, 15) is 9.90 Å². The van der Waals surface area contributed by atoms with Gasteiger partial charge in [-0.3, -0.25) is 0 Å². The fourth-order valence-corrected chi connectivity index (χ4v) is 3.13. The van der Waals surface area contributed by atoms with Gasteiger partial charge in [0, 0.05) is 29.2 Å². The van der Waals surface area contributed by atoms with Crippen molar-refractivity contribution in [2.24, 2.45) is 0 Å². The molecule has 3 rings (SSSR count). The Morgan fingerprint density at radius 2 is 2.19 bits per heavy atom. The highest BCUT2D eigenvalue weighted by Crippen LogP contribution is 2.34. The molecule has 2 aromatic rings. The van der Waals surface area contributed by atoms with Crippen LogP contribution in [0.2, 0.25) is 0 Å². The van der Waals surface area contributed by atoms with E-state index in [0.29, 0.717) is 12.1 Å². The summed E-state index contributed by atoms with van der Waals surface area (Å²) in [5.41, 5.74) is 7.82. The zero-order chi connectivity index (χ0) is 15.0. The predicted octanol–water partition coefficient (Wildman–Crippen LogP) is 2.57. The van der Waals surface area contributed by atoms with Crippen LogP contribution in [0.1, 0.15) is 24.8 Å². The van der Waals surface area contributed by atoms with Gasteiger partial charge < -0.3 is 15.7 Å². The number of aliphatic carboxylic acids is 1. The van der Waals surface area contributed by atoms with Crippen LogP contribution in [0, 0.1) is 6.92 Å². The summed E-state index contributed by atoms with van der Waals surface area (Å²) in [5, 5.41) is 11.4. The summed E-state index contributed by atoms with van der Waals surface area (Å²) < 4.78 is 0. The van der Waals surface area contributed by atoms with Crippen molar-refractivity contribution in [3.63, 3.8) is 0 Å². The minimum atomic E-state index is -0.782. The minimum absolute atomic E-state index is 0.502. The summed E-state index contributed by atoms with van der Waals surface area (Å²) in [5.74, 6) is -0.0422. The molecule has 21 heavy (non-hydrogen) atoms. The first-order valence-corrected chi connectivity index (χ1v) is 7.23. The Kier molecular flexibility index (Phi) is 3.41. The third-order valence-electron chi connectivity index (χ3n) is 4.21. The Morgan fingerprint density at radius 1 is 1.38 bits per heavy atom. The molecule has 0 radical (unpaired) electrons. The molecule has 1 aliphatic heterocycles. The molecular formula is C16H19N3O2. The standard InChI is InChI=1S/C16H19N3O2/c1-10-5-6-12(17)11-7-8-18-15(14(10)11)19-9-3-2-4-13(19)16(20)21/h5-8,13H,2-4,9,17H2,1H3,(H,20,21). The number of nitrogen functional groups attached to an aromatic ring is 1. The monoisotopic (exact) mass is 285 g/mol. The SMILES string of the molecule is Cc1ccc(N)c2ccnc(N3CCCCC3C(=O)O)c12. The molecule has 0 amide bonds. The normalized spacial score (nSPS) is 18.9. The molecule has 110 valence electrons. The number of piperidine rings is 1. The molecule has 1 saturated heterocycles. The van der Waals surface area contributed by atoms with E-state index < -0.39 is 12.0 Å². The van der Waals surface area contributed by atoms with Crippen LogP contribution < -0.4 is 10.6 Å². The van der Waals surface area contributed by atoms with Gasteiger partial charge in [0.05, 0.1) is 0 Å². The van der Waals surface area contributed by atoms with Gasteiger partial charge >= 0.3 is 5.97 Å². The van der Waals surface area contributed by atoms with E-state index in [1.807, 2.05) is 30.0 Å². The Hall–Kier alpha value is -2.30. The zero-order valence-corrected chi connectivity index (χ0v) is 12.0. The van der Waals surface area contributed by atoms with Crippen molar-refractivity contribution in [1.29, 1.82) is 0 Å². The minimum Gasteiger partial charge on any atom is -0.480 e. The highest BCUT2D eigenvalue weighted by atomic mass is 16.4. The lowest BCUT2D eigenvalue weighted by atomic mass is 9.99. The summed E-state index contributed by atoms with van der Waals surface area (Å²) in [6, 6.07) is 5.23. The molecule has 1 atom stereocenters. The van der Waals surface area contributed by atoms with Crippen LogP contribution in [-0.2, 0) is 4.79 Å². The lowest BCUT2D eigenvalue weighted by Crippen LogP contribution is -2.45. The number of aromatic nitrogens is 1. The van der Waals surface area contributed by atoms with Gasteiger partial charge in [-0.15, -0.1) is 0 Å². The van der Waals surface area contributed by atoms with Crippen molar-refractivity contribution in [1.82, 2.24) is 4.98 Å². The fourth-order valence-electron chi connectivity index (χ4n) is 3.13. The van der Waals surface area contributed by atoms with Crippen molar-refractivity contribution in [2.45, 2.75) is 32.2 Å². The number of hydrogen-bond donors (Lipinski definition) is 2. The van der Waals surface area contributed by atoms with Gasteiger partial charge in [-0.2, -0.15) is 0 Å². The number of hydrogen-bond acceptors (Lipinski definition) is 4. The van der Waals surface area contributed by atoms with Gasteiger partial charge in [0.2, 0.25) is 0 Å². The number of anilines is 2. The van der Waals surface area contributed by atoms with Crippen LogP contribution >= 0.6 is 0 Å². The van der Waals surface area contributed by atoms with E-state index in [1.54, 1.807) is 6.20 Å². The second kappa shape index (κ2) is 5.24. The van der Waals surface area contributed by atoms with Crippen molar-refractivity contribution in [3.05, 3.63) is 30.0 Å². The van der Waals surface area contributed by atoms with Crippen LogP contribution in [0.4, 0.5) is 11.5 Å². The molecule has 5 nitrogen and oxygen atoms in total. The average molecular weight is 285 g/mol. The topological polar surface area (TPSA) is 79.5 Å². The lowest BCUT2D eigenvalue weighted by Gasteiger charge is -2.34. The number of carboxylic acid groups (broad SMARTS) is 1. The number of carboxylic acids is 1. The van der Waals surface area contributed by atoms with E-state index in [1.165, 1.54) is 0 Å². The summed E-state index contributed by atoms with van der Waals surface area (Å²) in [4.78, 5) is 17.9. The van der Waals surface area contributed by atoms with Crippen LogP contribution in [0.15, 0.2) is 24.4 Å². The highest BCUT2D eigenvalue weighted by molar-refractivity contribution is 6.02. The summed E-state index contributed by atoms with van der Waals surface area (Å²) in [6.45, 7) is 2.73. The van der Waals surface area contributed by atoms with Crippen LogP contribution in [0.5, 0.6) is 0 Å². The van der Waals surface area contributed by atoms with E-state index >= 15 is 0 Å². The number of nitrogens with zero attached hydrogens (tertiary/aromatic N) is 2. The smallest absolute Gasteiger partial charge is 0.326 e. The molecule has 0 aliphatic carbocycles. The van der Waals surface area contributed by atoms with Gasteiger partial charge in [0.15, 0.2) is 0 Å². The second-order valence-corrected chi connectivity index (χ2v) is 5.57. The number of carbonyl (C=O) groups is 1. The zero-order valence-electron chi connectivity index (χ0n) is 12.0. The number of nitrogens with two attached hydrogens (primary N) is 1. The fraction of sp³-hybridized carbons (Fsp3) is 0.375. The van der Waals surface area contributed by atoms with Crippen molar-refractivity contribution >= 4 is 28.2 Å². The van der Waals surface area contributed by atoms with Gasteiger partial charge in [-0.1, -0.05) is 6.07 Å². The van der Waals surface area contributed by atoms with Gasteiger partial charge in [0.25, 0.3) is 0 Å². The Bertz CT molecular complexity index is 699. The summed E-state index contributed by atoms with van der Waals surface area (Å²) in [6.07, 6.45) is 4.30. The van der Waals surface area contributed by atoms with E-state index in [4.69, 9.17) is 5.73 Å². The first-order chi connectivity index (χ1) is 10.1. The summed E-state index contributed by atoms with van der Waals surface area (Å²) in [7, 11) is 0. The number of aryl methyl sites for hydroxylation is 1. The Balaban J connectivity index is 2.19. The van der Waals surface area contributed by atoms with Crippen LogP contribution in [-0.4, -0.2) is 28.6 Å². The molecule has 0 spiro atoms. The molecule has 5 heteroatoms. The number of benzene rings is 1. The third kappa shape index (κ3) is 2.28. The van der Waals surface area contributed by atoms with Crippen LogP contribution in [0.3, 0.4) is 0 Å². The van der Waals surface area contributed by atoms with Crippen molar-refractivity contribution in [2.75, 3.05) is 17.2 Å². The molecule has 1 unspecified atom stereocenters. The highest BCUT2D eigenvalue weighted by Gasteiger charge is 2.30. The second-order valence-electron chi connectivity index (χ2n) is 5.57. The number of rotatable bonds is 2. The van der Waals surface area contributed by atoms with Crippen LogP contribution in [0.25, 0.3) is 10.8 Å². The first-order valence-electron chi connectivity index (χ1n) is 7.23. The maximum Gasteiger partial charge on any atom is 0.326 e. The van der Waals surface area contributed by atoms with E-state index in [2.05, 4.69) is 4.98 Å². The number of pyridine rings is 1. The van der Waals surface area contributed by atoms with Crippen molar-refractivity contribution in [3.8, 4) is 0 Å². The molecule has 0 saturated carbocycles. The Labute approximate surface area is 123 Å². The Morgan fingerprint density at radius 3 is 2.95 bits per heavy atom. The first kappa shape index (κ1) is 13.7. The van der Waals surface area contributed by atoms with Gasteiger partial charge in [-0.05, 0) is 43.9 Å². The molecule has 2 heterocycles. The average Bonchev–Trinajstić information content (AvgIpc) is 2.50. The molecular weight excluding hydrogens is 266 g/mol. The van der Waals surface area contributed by atoms with Gasteiger partial charge in [-0.25, -0.2) is 9.78 Å². The number of fused-ring (bicyclic) bond motifs is 1. The molecule has 1 aromatic carbocycles. The largest absolute Gasteiger partial charge is 0.480 e. The van der Waals surface area contributed by atoms with E-state index in [0.717, 1.165) is 41.5 Å². The predicted molar refractivity (Wildman–Crippen MR) is 83.5 cm³/mol. The quantitative estimate of drug-likeness (QED) is 0.829. The maximum absolute atomic E-state index is 11.5. The van der Waals surface area contributed by atoms with Gasteiger partial charge in [0.1, 0.15) is 11.9 Å².